The summed E-state index contributed by atoms with van der Waals surface area (Å²) in [6.07, 6.45) is 0. The zero-order valence-corrected chi connectivity index (χ0v) is 9.86. The SMILES string of the molecule is Cc1ccc(N)c(-c2ccc3c(c2)COC3)c1. The summed E-state index contributed by atoms with van der Waals surface area (Å²) in [5.74, 6) is 0. The molecule has 0 saturated heterocycles. The van der Waals surface area contributed by atoms with Crippen LogP contribution in [0.15, 0.2) is 36.4 Å². The van der Waals surface area contributed by atoms with Crippen molar-refractivity contribution in [3.63, 3.8) is 0 Å². The lowest BCUT2D eigenvalue weighted by atomic mass is 9.98. The molecule has 2 aromatic rings. The number of benzene rings is 2. The second kappa shape index (κ2) is 3.90. The minimum absolute atomic E-state index is 0.717. The van der Waals surface area contributed by atoms with E-state index in [2.05, 4.69) is 31.2 Å². The zero-order valence-electron chi connectivity index (χ0n) is 9.86. The Bertz CT molecular complexity index is 575. The fourth-order valence-corrected chi connectivity index (χ4v) is 2.26. The summed E-state index contributed by atoms with van der Waals surface area (Å²) in [4.78, 5) is 0. The van der Waals surface area contributed by atoms with Crippen LogP contribution in [0, 0.1) is 6.92 Å². The number of fused-ring (bicyclic) bond motifs is 1. The van der Waals surface area contributed by atoms with Crippen molar-refractivity contribution in [2.45, 2.75) is 20.1 Å². The maximum absolute atomic E-state index is 6.04. The van der Waals surface area contributed by atoms with E-state index in [4.69, 9.17) is 10.5 Å². The van der Waals surface area contributed by atoms with Gasteiger partial charge in [-0.15, -0.1) is 0 Å². The van der Waals surface area contributed by atoms with Gasteiger partial charge >= 0.3 is 0 Å². The van der Waals surface area contributed by atoms with Crippen LogP contribution >= 0.6 is 0 Å². The minimum Gasteiger partial charge on any atom is -0.398 e. The number of nitrogen functional groups attached to an aromatic ring is 1. The Kier molecular flexibility index (Phi) is 2.37. The molecule has 2 aromatic carbocycles. The van der Waals surface area contributed by atoms with Gasteiger partial charge in [-0.05, 0) is 41.8 Å². The highest BCUT2D eigenvalue weighted by Gasteiger charge is 2.12. The molecule has 0 fully saturated rings. The first kappa shape index (κ1) is 10.4. The summed E-state index contributed by atoms with van der Waals surface area (Å²) in [6.45, 7) is 3.53. The quantitative estimate of drug-likeness (QED) is 0.756. The van der Waals surface area contributed by atoms with E-state index in [1.165, 1.54) is 22.3 Å². The predicted molar refractivity (Wildman–Crippen MR) is 69.5 cm³/mol. The van der Waals surface area contributed by atoms with Gasteiger partial charge < -0.3 is 10.5 Å². The molecule has 0 bridgehead atoms. The average Bonchev–Trinajstić information content (AvgIpc) is 2.79. The van der Waals surface area contributed by atoms with Gasteiger partial charge in [0.05, 0.1) is 13.2 Å². The van der Waals surface area contributed by atoms with Crippen LogP contribution in [0.4, 0.5) is 5.69 Å². The fraction of sp³-hybridized carbons (Fsp3) is 0.200. The summed E-state index contributed by atoms with van der Waals surface area (Å²) in [5, 5.41) is 0. The minimum atomic E-state index is 0.717. The van der Waals surface area contributed by atoms with Crippen LogP contribution < -0.4 is 5.73 Å². The van der Waals surface area contributed by atoms with Crippen LogP contribution in [0.5, 0.6) is 0 Å². The maximum atomic E-state index is 6.04. The van der Waals surface area contributed by atoms with E-state index in [1.54, 1.807) is 0 Å². The number of hydrogen-bond donors (Lipinski definition) is 1. The van der Waals surface area contributed by atoms with Gasteiger partial charge in [-0.3, -0.25) is 0 Å². The van der Waals surface area contributed by atoms with Gasteiger partial charge in [-0.25, -0.2) is 0 Å². The van der Waals surface area contributed by atoms with Crippen LogP contribution in [-0.4, -0.2) is 0 Å². The van der Waals surface area contributed by atoms with Crippen LogP contribution in [0.25, 0.3) is 11.1 Å². The summed E-state index contributed by atoms with van der Waals surface area (Å²) in [6, 6.07) is 12.6. The molecule has 0 amide bonds. The van der Waals surface area contributed by atoms with Gasteiger partial charge in [0, 0.05) is 11.3 Å². The number of ether oxygens (including phenoxy) is 1. The number of rotatable bonds is 1. The van der Waals surface area contributed by atoms with Crippen LogP contribution in [0.1, 0.15) is 16.7 Å². The third-order valence-electron chi connectivity index (χ3n) is 3.24. The van der Waals surface area contributed by atoms with Crippen molar-refractivity contribution in [3.05, 3.63) is 53.1 Å². The monoisotopic (exact) mass is 225 g/mol. The number of aryl methyl sites for hydroxylation is 1. The molecule has 1 heterocycles. The van der Waals surface area contributed by atoms with Crippen molar-refractivity contribution in [1.82, 2.24) is 0 Å². The smallest absolute Gasteiger partial charge is 0.0725 e. The van der Waals surface area contributed by atoms with E-state index in [1.807, 2.05) is 12.1 Å². The van der Waals surface area contributed by atoms with Gasteiger partial charge in [0.1, 0.15) is 0 Å². The molecule has 1 aliphatic rings. The van der Waals surface area contributed by atoms with Crippen molar-refractivity contribution < 1.29 is 4.74 Å². The average molecular weight is 225 g/mol. The molecule has 1 aliphatic heterocycles. The van der Waals surface area contributed by atoms with Crippen molar-refractivity contribution in [1.29, 1.82) is 0 Å². The Labute approximate surface area is 101 Å². The lowest BCUT2D eigenvalue weighted by molar-refractivity contribution is 0.134. The number of hydrogen-bond acceptors (Lipinski definition) is 2. The first-order valence-corrected chi connectivity index (χ1v) is 5.80. The standard InChI is InChI=1S/C15H15NO/c1-10-2-5-15(16)14(6-10)11-3-4-12-8-17-9-13(12)7-11/h2-7H,8-9,16H2,1H3. The topological polar surface area (TPSA) is 35.2 Å². The molecule has 0 unspecified atom stereocenters. The van der Waals surface area contributed by atoms with Crippen molar-refractivity contribution in [2.24, 2.45) is 0 Å². The second-order valence-electron chi connectivity index (χ2n) is 4.57. The Morgan fingerprint density at radius 3 is 2.71 bits per heavy atom. The van der Waals surface area contributed by atoms with Gasteiger partial charge in [-0.2, -0.15) is 0 Å². The Hall–Kier alpha value is -1.80. The molecular formula is C15H15NO. The summed E-state index contributed by atoms with van der Waals surface area (Å²) in [5.41, 5.74) is 13.0. The first-order chi connectivity index (χ1) is 8.24. The Morgan fingerprint density at radius 1 is 1.00 bits per heavy atom. The van der Waals surface area contributed by atoms with E-state index in [9.17, 15) is 0 Å². The first-order valence-electron chi connectivity index (χ1n) is 5.80. The van der Waals surface area contributed by atoms with Crippen LogP contribution in [0.2, 0.25) is 0 Å². The highest BCUT2D eigenvalue weighted by Crippen LogP contribution is 2.30. The second-order valence-corrected chi connectivity index (χ2v) is 4.57. The van der Waals surface area contributed by atoms with Crippen LogP contribution in [-0.2, 0) is 18.0 Å². The largest absolute Gasteiger partial charge is 0.398 e. The normalized spacial score (nSPS) is 13.7. The van der Waals surface area contributed by atoms with Gasteiger partial charge in [0.2, 0.25) is 0 Å². The molecule has 3 rings (SSSR count). The molecule has 2 N–H and O–H groups in total. The molecule has 0 saturated carbocycles. The highest BCUT2D eigenvalue weighted by atomic mass is 16.5. The van der Waals surface area contributed by atoms with Gasteiger partial charge in [0.15, 0.2) is 0 Å². The molecule has 17 heavy (non-hydrogen) atoms. The van der Waals surface area contributed by atoms with E-state index in [0.717, 1.165) is 24.5 Å². The molecular weight excluding hydrogens is 210 g/mol. The number of anilines is 1. The molecule has 2 heteroatoms. The highest BCUT2D eigenvalue weighted by molar-refractivity contribution is 5.77. The van der Waals surface area contributed by atoms with Gasteiger partial charge in [-0.1, -0.05) is 23.8 Å². The Balaban J connectivity index is 2.12. The van der Waals surface area contributed by atoms with E-state index in [-0.39, 0.29) is 0 Å². The van der Waals surface area contributed by atoms with E-state index in [0.29, 0.717) is 0 Å². The summed E-state index contributed by atoms with van der Waals surface area (Å²) < 4.78 is 5.43. The Morgan fingerprint density at radius 2 is 1.82 bits per heavy atom. The number of nitrogens with two attached hydrogens (primary N) is 1. The molecule has 0 aliphatic carbocycles. The van der Waals surface area contributed by atoms with Crippen LogP contribution in [0.3, 0.4) is 0 Å². The molecule has 2 nitrogen and oxygen atoms in total. The zero-order chi connectivity index (χ0) is 11.8. The third-order valence-corrected chi connectivity index (χ3v) is 3.24. The fourth-order valence-electron chi connectivity index (χ4n) is 2.26. The molecule has 0 spiro atoms. The van der Waals surface area contributed by atoms with Gasteiger partial charge in [0.25, 0.3) is 0 Å². The lowest BCUT2D eigenvalue weighted by Crippen LogP contribution is -1.92. The lowest BCUT2D eigenvalue weighted by Gasteiger charge is -2.08. The molecule has 86 valence electrons. The van der Waals surface area contributed by atoms with Crippen molar-refractivity contribution in [2.75, 3.05) is 5.73 Å². The van der Waals surface area contributed by atoms with Crippen molar-refractivity contribution >= 4 is 5.69 Å². The summed E-state index contributed by atoms with van der Waals surface area (Å²) in [7, 11) is 0. The molecule has 0 atom stereocenters. The van der Waals surface area contributed by atoms with E-state index < -0.39 is 0 Å². The third kappa shape index (κ3) is 1.81. The van der Waals surface area contributed by atoms with E-state index >= 15 is 0 Å². The molecule has 0 radical (unpaired) electrons. The molecule has 0 aromatic heterocycles. The summed E-state index contributed by atoms with van der Waals surface area (Å²) >= 11 is 0. The maximum Gasteiger partial charge on any atom is 0.0725 e. The predicted octanol–water partition coefficient (Wildman–Crippen LogP) is 3.27. The van der Waals surface area contributed by atoms with Crippen molar-refractivity contribution in [3.8, 4) is 11.1 Å².